The zero-order valence-corrected chi connectivity index (χ0v) is 20.0. The summed E-state index contributed by atoms with van der Waals surface area (Å²) in [6.45, 7) is 9.72. The molecule has 4 aliphatic carbocycles. The Hall–Kier alpha value is -1.92. The summed E-state index contributed by atoms with van der Waals surface area (Å²) in [7, 11) is 0. The number of nitro groups is 1. The molecule has 7 heteroatoms. The van der Waals surface area contributed by atoms with Gasteiger partial charge in [0.2, 0.25) is 6.04 Å². The van der Waals surface area contributed by atoms with E-state index in [4.69, 9.17) is 4.74 Å². The molecule has 0 bridgehead atoms. The lowest BCUT2D eigenvalue weighted by atomic mass is 9.47. The third-order valence-corrected chi connectivity index (χ3v) is 10.1. The molecule has 0 aromatic rings. The first-order valence-electron chi connectivity index (χ1n) is 12.2. The highest BCUT2D eigenvalue weighted by atomic mass is 16.6. The van der Waals surface area contributed by atoms with Crippen molar-refractivity contribution < 1.29 is 19.7 Å². The van der Waals surface area contributed by atoms with Crippen LogP contribution in [-0.4, -0.2) is 34.0 Å². The van der Waals surface area contributed by atoms with E-state index in [9.17, 15) is 20.1 Å². The molecule has 3 saturated carbocycles. The highest BCUT2D eigenvalue weighted by Crippen LogP contribution is 2.68. The summed E-state index contributed by atoms with van der Waals surface area (Å²) in [6.07, 6.45) is 9.07. The number of esters is 1. The van der Waals surface area contributed by atoms with Crippen molar-refractivity contribution in [3.05, 3.63) is 21.8 Å². The molecule has 3 fully saturated rings. The Morgan fingerprint density at radius 1 is 1.28 bits per heavy atom. The van der Waals surface area contributed by atoms with Crippen molar-refractivity contribution in [2.75, 3.05) is 0 Å². The zero-order valence-electron chi connectivity index (χ0n) is 20.0. The van der Waals surface area contributed by atoms with Crippen molar-refractivity contribution in [1.29, 1.82) is 0 Å². The maximum Gasteiger partial charge on any atom is 0.302 e. The van der Waals surface area contributed by atoms with Crippen LogP contribution >= 0.6 is 0 Å². The van der Waals surface area contributed by atoms with Crippen molar-refractivity contribution in [3.8, 4) is 0 Å². The van der Waals surface area contributed by atoms with E-state index < -0.39 is 6.04 Å². The van der Waals surface area contributed by atoms with Gasteiger partial charge < -0.3 is 9.94 Å². The van der Waals surface area contributed by atoms with E-state index in [0.717, 1.165) is 44.9 Å². The minimum absolute atomic E-state index is 0.0122. The van der Waals surface area contributed by atoms with Gasteiger partial charge in [-0.25, -0.2) is 0 Å². The Kier molecular flexibility index (Phi) is 5.91. The third-order valence-electron chi connectivity index (χ3n) is 10.1. The number of oxime groups is 1. The molecular formula is C25H38N2O5. The first-order chi connectivity index (χ1) is 15.0. The smallest absolute Gasteiger partial charge is 0.302 e. The average Bonchev–Trinajstić information content (AvgIpc) is 3.05. The Labute approximate surface area is 190 Å². The molecule has 4 rings (SSSR count). The lowest BCUT2D eigenvalue weighted by molar-refractivity contribution is -0.528. The molecule has 4 unspecified atom stereocenters. The van der Waals surface area contributed by atoms with E-state index >= 15 is 0 Å². The van der Waals surface area contributed by atoms with E-state index in [-0.39, 0.29) is 39.7 Å². The second-order valence-electron chi connectivity index (χ2n) is 11.4. The molecule has 0 aromatic heterocycles. The van der Waals surface area contributed by atoms with Crippen molar-refractivity contribution in [2.45, 2.75) is 91.7 Å². The van der Waals surface area contributed by atoms with Gasteiger partial charge in [0.25, 0.3) is 0 Å². The molecule has 32 heavy (non-hydrogen) atoms. The van der Waals surface area contributed by atoms with Gasteiger partial charge in [0, 0.05) is 37.0 Å². The maximum atomic E-state index is 11.7. The summed E-state index contributed by atoms with van der Waals surface area (Å²) in [6, 6.07) is -0.651. The molecule has 7 nitrogen and oxygen atoms in total. The van der Waals surface area contributed by atoms with Crippen molar-refractivity contribution in [3.63, 3.8) is 0 Å². The summed E-state index contributed by atoms with van der Waals surface area (Å²) >= 11 is 0. The summed E-state index contributed by atoms with van der Waals surface area (Å²) in [5, 5.41) is 24.9. The Morgan fingerprint density at radius 3 is 2.62 bits per heavy atom. The molecule has 0 radical (unpaired) electrons. The molecule has 1 N–H and O–H groups in total. The van der Waals surface area contributed by atoms with Crippen LogP contribution in [0.1, 0.15) is 79.6 Å². The highest BCUT2D eigenvalue weighted by molar-refractivity contribution is 5.85. The second kappa shape index (κ2) is 8.14. The van der Waals surface area contributed by atoms with E-state index in [1.165, 1.54) is 12.5 Å². The lowest BCUT2D eigenvalue weighted by Crippen LogP contribution is -2.51. The molecule has 4 aliphatic rings. The van der Waals surface area contributed by atoms with Gasteiger partial charge in [0.1, 0.15) is 6.10 Å². The first kappa shape index (κ1) is 23.2. The molecule has 0 heterocycles. The van der Waals surface area contributed by atoms with Gasteiger partial charge in [0.15, 0.2) is 0 Å². The molecule has 0 amide bonds. The van der Waals surface area contributed by atoms with Crippen LogP contribution in [0, 0.1) is 50.5 Å². The van der Waals surface area contributed by atoms with Gasteiger partial charge in [-0.1, -0.05) is 30.7 Å². The van der Waals surface area contributed by atoms with Gasteiger partial charge in [-0.05, 0) is 74.0 Å². The van der Waals surface area contributed by atoms with Crippen molar-refractivity contribution >= 4 is 11.7 Å². The summed E-state index contributed by atoms with van der Waals surface area (Å²) < 4.78 is 5.54. The van der Waals surface area contributed by atoms with E-state index in [1.54, 1.807) is 6.92 Å². The summed E-state index contributed by atoms with van der Waals surface area (Å²) in [5.74, 6) is 1.06. The van der Waals surface area contributed by atoms with E-state index in [2.05, 4.69) is 25.1 Å². The van der Waals surface area contributed by atoms with Crippen LogP contribution < -0.4 is 0 Å². The number of hydrogen-bond acceptors (Lipinski definition) is 6. The second-order valence-corrected chi connectivity index (χ2v) is 11.4. The van der Waals surface area contributed by atoms with Gasteiger partial charge >= 0.3 is 5.97 Å². The van der Waals surface area contributed by atoms with Gasteiger partial charge in [0.05, 0.1) is 5.71 Å². The molecule has 178 valence electrons. The number of hydrogen-bond donors (Lipinski definition) is 1. The van der Waals surface area contributed by atoms with Crippen LogP contribution in [0.15, 0.2) is 16.8 Å². The number of nitrogens with zero attached hydrogens (tertiary/aromatic N) is 2. The minimum Gasteiger partial charge on any atom is -0.462 e. The number of fused-ring (bicyclic) bond motifs is 5. The van der Waals surface area contributed by atoms with Gasteiger partial charge in [-0.15, -0.1) is 0 Å². The molecule has 0 spiro atoms. The standard InChI is InChI=1S/C25H38N2O5/c1-14(26-29)23-20(15(2)27(30)31)13-22-19-7-6-17-12-18(32-16(3)28)8-10-24(17,4)21(19)9-11-25(22,23)5/h6,15,18-23,29H,7-13H2,1-5H3/b26-14+/t15?,18-,19?,20-,21?,22?,23-,24-,25-/m0/s1. The lowest BCUT2D eigenvalue weighted by Gasteiger charge is -2.58. The fraction of sp³-hybridized carbons (Fsp3) is 0.840. The van der Waals surface area contributed by atoms with Crippen LogP contribution in [0.4, 0.5) is 0 Å². The van der Waals surface area contributed by atoms with Gasteiger partial charge in [-0.2, -0.15) is 0 Å². The van der Waals surface area contributed by atoms with Crippen LogP contribution in [0.25, 0.3) is 0 Å². The van der Waals surface area contributed by atoms with Crippen LogP contribution in [0.5, 0.6) is 0 Å². The number of rotatable bonds is 4. The Morgan fingerprint density at radius 2 is 2.00 bits per heavy atom. The zero-order chi connectivity index (χ0) is 23.4. The van der Waals surface area contributed by atoms with Crippen LogP contribution in [0.3, 0.4) is 0 Å². The predicted octanol–water partition coefficient (Wildman–Crippen LogP) is 5.24. The van der Waals surface area contributed by atoms with Crippen LogP contribution in [0.2, 0.25) is 0 Å². The van der Waals surface area contributed by atoms with Crippen LogP contribution in [-0.2, 0) is 9.53 Å². The minimum atomic E-state index is -0.651. The van der Waals surface area contributed by atoms with E-state index in [0.29, 0.717) is 23.5 Å². The molecule has 0 aromatic carbocycles. The van der Waals surface area contributed by atoms with Crippen molar-refractivity contribution in [2.24, 2.45) is 45.6 Å². The summed E-state index contributed by atoms with van der Waals surface area (Å²) in [5.41, 5.74) is 2.12. The topological polar surface area (TPSA) is 102 Å². The predicted molar refractivity (Wildman–Crippen MR) is 121 cm³/mol. The fourth-order valence-corrected chi connectivity index (χ4v) is 8.54. The number of carbonyl (C=O) groups is 1. The average molecular weight is 447 g/mol. The van der Waals surface area contributed by atoms with Crippen molar-refractivity contribution in [1.82, 2.24) is 0 Å². The van der Waals surface area contributed by atoms with Gasteiger partial charge in [-0.3, -0.25) is 14.9 Å². The maximum absolute atomic E-state index is 11.7. The fourth-order valence-electron chi connectivity index (χ4n) is 8.54. The number of carbonyl (C=O) groups excluding carboxylic acids is 1. The monoisotopic (exact) mass is 446 g/mol. The van der Waals surface area contributed by atoms with E-state index in [1.807, 2.05) is 6.92 Å². The normalized spacial score (nSPS) is 44.5. The Balaban J connectivity index is 1.65. The largest absolute Gasteiger partial charge is 0.462 e. The highest BCUT2D eigenvalue weighted by Gasteiger charge is 2.63. The quantitative estimate of drug-likeness (QED) is 0.159. The summed E-state index contributed by atoms with van der Waals surface area (Å²) in [4.78, 5) is 23.1. The first-order valence-corrected chi connectivity index (χ1v) is 12.2. The Bertz CT molecular complexity index is 853. The third kappa shape index (κ3) is 3.47. The molecular weight excluding hydrogens is 408 g/mol. The molecule has 9 atom stereocenters. The molecule has 0 aliphatic heterocycles. The number of ether oxygens (including phenoxy) is 1. The SMILES string of the molecule is CC(=O)O[C@H]1CC[C@@]2(C)C(=CCC3C2CC[C@@]2(C)C3C[C@@H](C(C)[N+](=O)[O-])[C@@H]2/C(C)=N/O)C1. The molecule has 0 saturated heterocycles. The number of allylic oxidation sites excluding steroid dienone is 1.